The van der Waals surface area contributed by atoms with E-state index in [9.17, 15) is 15.3 Å². The molecule has 7 N–H and O–H groups in total. The Balaban J connectivity index is 2.13. The molecular weight excluding hydrogens is 280 g/mol. The summed E-state index contributed by atoms with van der Waals surface area (Å²) in [5.41, 5.74) is 10.5. The van der Waals surface area contributed by atoms with Gasteiger partial charge < -0.3 is 35.9 Å². The summed E-state index contributed by atoms with van der Waals surface area (Å²) < 4.78 is 10.8. The van der Waals surface area contributed by atoms with E-state index >= 15 is 0 Å². The van der Waals surface area contributed by atoms with Gasteiger partial charge in [0, 0.05) is 5.56 Å². The molecule has 3 rings (SSSR count). The van der Waals surface area contributed by atoms with Gasteiger partial charge in [0.2, 0.25) is 5.95 Å². The fourth-order valence-corrected chi connectivity index (χ4v) is 2.61. The number of hydrogen-bond donors (Lipinski definition) is 5. The Bertz CT molecular complexity index is 686. The number of nitrogens with zero attached hydrogens (tertiary/aromatic N) is 2. The molecule has 21 heavy (non-hydrogen) atoms. The van der Waals surface area contributed by atoms with Crippen molar-refractivity contribution in [2.45, 2.75) is 30.8 Å². The number of ether oxygens (including phenoxy) is 1. The largest absolute Gasteiger partial charge is 0.458 e. The highest BCUT2D eigenvalue weighted by Gasteiger charge is 2.53. The third kappa shape index (κ3) is 1.94. The molecule has 2 aromatic heterocycles. The number of nitrogens with two attached hydrogens (primary N) is 2. The molecule has 9 heteroatoms. The van der Waals surface area contributed by atoms with E-state index in [0.717, 1.165) is 0 Å². The fourth-order valence-electron chi connectivity index (χ4n) is 2.61. The van der Waals surface area contributed by atoms with Gasteiger partial charge in [0.15, 0.2) is 11.4 Å². The van der Waals surface area contributed by atoms with E-state index in [4.69, 9.17) is 20.6 Å². The quantitative estimate of drug-likeness (QED) is 0.464. The van der Waals surface area contributed by atoms with Crippen LogP contribution < -0.4 is 11.5 Å². The van der Waals surface area contributed by atoms with E-state index in [0.29, 0.717) is 11.1 Å². The van der Waals surface area contributed by atoms with Crippen LogP contribution in [-0.4, -0.2) is 49.7 Å². The minimum atomic E-state index is -1.63. The van der Waals surface area contributed by atoms with Crippen LogP contribution in [0.4, 0.5) is 11.8 Å². The molecule has 1 fully saturated rings. The van der Waals surface area contributed by atoms with Crippen LogP contribution in [0.5, 0.6) is 0 Å². The third-order valence-corrected chi connectivity index (χ3v) is 3.74. The minimum Gasteiger partial charge on any atom is -0.458 e. The lowest BCUT2D eigenvalue weighted by atomic mass is 9.89. The molecule has 1 aliphatic rings. The van der Waals surface area contributed by atoms with Crippen molar-refractivity contribution in [2.24, 2.45) is 0 Å². The maximum atomic E-state index is 10.5. The first-order valence-electron chi connectivity index (χ1n) is 6.33. The Labute approximate surface area is 119 Å². The van der Waals surface area contributed by atoms with Gasteiger partial charge >= 0.3 is 0 Å². The molecule has 1 unspecified atom stereocenters. The Morgan fingerprint density at radius 1 is 1.38 bits per heavy atom. The van der Waals surface area contributed by atoms with Crippen molar-refractivity contribution in [3.8, 4) is 0 Å². The van der Waals surface area contributed by atoms with Crippen molar-refractivity contribution in [3.63, 3.8) is 0 Å². The standard InChI is InChI=1S/C12H16N4O5/c1-12(19)8(18)5(2-17)21-9(12)4-3-20-7-6(4)15-11(14)16-10(7)13/h3,5,8-9,17-19H,2H2,1H3,(H4,13,14,15,16)/t5-,8-,9?,12-/m1/s1. The second kappa shape index (κ2) is 4.53. The second-order valence-corrected chi connectivity index (χ2v) is 5.24. The number of rotatable bonds is 2. The maximum Gasteiger partial charge on any atom is 0.222 e. The number of fused-ring (bicyclic) bond motifs is 1. The number of hydrogen-bond acceptors (Lipinski definition) is 9. The van der Waals surface area contributed by atoms with E-state index in [1.54, 1.807) is 0 Å². The van der Waals surface area contributed by atoms with Gasteiger partial charge in [0.05, 0.1) is 12.9 Å². The van der Waals surface area contributed by atoms with Crippen LogP contribution in [0.15, 0.2) is 10.7 Å². The number of aliphatic hydroxyl groups excluding tert-OH is 2. The summed E-state index contributed by atoms with van der Waals surface area (Å²) in [4.78, 5) is 7.82. The van der Waals surface area contributed by atoms with Crippen LogP contribution in [0.1, 0.15) is 18.6 Å². The van der Waals surface area contributed by atoms with Gasteiger partial charge in [0.25, 0.3) is 0 Å². The smallest absolute Gasteiger partial charge is 0.222 e. The molecule has 9 nitrogen and oxygen atoms in total. The lowest BCUT2D eigenvalue weighted by Crippen LogP contribution is -2.42. The molecule has 4 atom stereocenters. The normalized spacial score (nSPS) is 32.9. The van der Waals surface area contributed by atoms with Crippen molar-refractivity contribution >= 4 is 22.9 Å². The molecule has 0 saturated carbocycles. The highest BCUT2D eigenvalue weighted by Crippen LogP contribution is 2.44. The molecule has 0 radical (unpaired) electrons. The van der Waals surface area contributed by atoms with Crippen LogP contribution in [0, 0.1) is 0 Å². The molecular formula is C12H16N4O5. The van der Waals surface area contributed by atoms with Crippen LogP contribution in [-0.2, 0) is 4.74 Å². The van der Waals surface area contributed by atoms with Crippen molar-refractivity contribution in [1.29, 1.82) is 0 Å². The van der Waals surface area contributed by atoms with Crippen molar-refractivity contribution in [2.75, 3.05) is 18.1 Å². The summed E-state index contributed by atoms with van der Waals surface area (Å²) in [6.45, 7) is 0.980. The molecule has 114 valence electrons. The van der Waals surface area contributed by atoms with E-state index in [-0.39, 0.29) is 17.3 Å². The predicted octanol–water partition coefficient (Wildman–Crippen LogP) is -1.07. The molecule has 1 aliphatic heterocycles. The van der Waals surface area contributed by atoms with Crippen LogP contribution in [0.3, 0.4) is 0 Å². The molecule has 0 spiro atoms. The molecule has 1 saturated heterocycles. The zero-order chi connectivity index (χ0) is 15.4. The molecule has 0 aliphatic carbocycles. The summed E-state index contributed by atoms with van der Waals surface area (Å²) in [6, 6.07) is 0. The molecule has 2 aromatic rings. The first kappa shape index (κ1) is 14.0. The van der Waals surface area contributed by atoms with Gasteiger partial charge in [-0.1, -0.05) is 0 Å². The molecule has 0 aromatic carbocycles. The average Bonchev–Trinajstić information content (AvgIpc) is 2.91. The van der Waals surface area contributed by atoms with Gasteiger partial charge in [-0.25, -0.2) is 4.98 Å². The first-order chi connectivity index (χ1) is 9.86. The van der Waals surface area contributed by atoms with Crippen LogP contribution >= 0.6 is 0 Å². The number of aliphatic hydroxyl groups is 3. The predicted molar refractivity (Wildman–Crippen MR) is 72.0 cm³/mol. The average molecular weight is 296 g/mol. The lowest BCUT2D eigenvalue weighted by Gasteiger charge is -2.25. The third-order valence-electron chi connectivity index (χ3n) is 3.74. The monoisotopic (exact) mass is 296 g/mol. The van der Waals surface area contributed by atoms with E-state index in [1.165, 1.54) is 13.2 Å². The summed E-state index contributed by atoms with van der Waals surface area (Å²) in [6.07, 6.45) is -1.79. The van der Waals surface area contributed by atoms with Gasteiger partial charge in [0.1, 0.15) is 29.4 Å². The molecule has 0 bridgehead atoms. The van der Waals surface area contributed by atoms with Gasteiger partial charge in [-0.05, 0) is 6.92 Å². The Morgan fingerprint density at radius 2 is 2.10 bits per heavy atom. The second-order valence-electron chi connectivity index (χ2n) is 5.24. The number of nitrogen functional groups attached to an aromatic ring is 2. The summed E-state index contributed by atoms with van der Waals surface area (Å²) in [5, 5.41) is 29.7. The summed E-state index contributed by atoms with van der Waals surface area (Å²) in [5.74, 6) is 0.0280. The SMILES string of the molecule is C[C@]1(O)C(c2coc3c(N)nc(N)nc23)O[C@H](CO)[C@H]1O. The zero-order valence-electron chi connectivity index (χ0n) is 11.2. The molecule has 3 heterocycles. The van der Waals surface area contributed by atoms with Gasteiger partial charge in [-0.2, -0.15) is 4.98 Å². The first-order valence-corrected chi connectivity index (χ1v) is 6.33. The van der Waals surface area contributed by atoms with Crippen molar-refractivity contribution < 1.29 is 24.5 Å². The molecule has 0 amide bonds. The van der Waals surface area contributed by atoms with E-state index in [1.807, 2.05) is 0 Å². The van der Waals surface area contributed by atoms with Crippen molar-refractivity contribution in [1.82, 2.24) is 9.97 Å². The zero-order valence-corrected chi connectivity index (χ0v) is 11.2. The fraction of sp³-hybridized carbons (Fsp3) is 0.500. The Hall–Kier alpha value is -1.94. The van der Waals surface area contributed by atoms with Gasteiger partial charge in [-0.15, -0.1) is 0 Å². The highest BCUT2D eigenvalue weighted by atomic mass is 16.6. The van der Waals surface area contributed by atoms with Crippen LogP contribution in [0.25, 0.3) is 11.1 Å². The van der Waals surface area contributed by atoms with E-state index < -0.39 is 30.5 Å². The highest BCUT2D eigenvalue weighted by molar-refractivity contribution is 5.86. The number of anilines is 2. The Kier molecular flexibility index (Phi) is 3.02. The number of aromatic nitrogens is 2. The Morgan fingerprint density at radius 3 is 2.71 bits per heavy atom. The van der Waals surface area contributed by atoms with E-state index in [2.05, 4.69) is 9.97 Å². The van der Waals surface area contributed by atoms with Gasteiger partial charge in [-0.3, -0.25) is 0 Å². The lowest BCUT2D eigenvalue weighted by molar-refractivity contribution is -0.0643. The summed E-state index contributed by atoms with van der Waals surface area (Å²) in [7, 11) is 0. The maximum absolute atomic E-state index is 10.5. The van der Waals surface area contributed by atoms with Crippen molar-refractivity contribution in [3.05, 3.63) is 11.8 Å². The summed E-state index contributed by atoms with van der Waals surface area (Å²) >= 11 is 0. The topological polar surface area (TPSA) is 161 Å². The number of furan rings is 1. The van der Waals surface area contributed by atoms with Crippen LogP contribution in [0.2, 0.25) is 0 Å². The minimum absolute atomic E-state index is 0.0421.